The molecule has 0 spiro atoms. The summed E-state index contributed by atoms with van der Waals surface area (Å²) in [6.07, 6.45) is 2.36. The third-order valence-electron chi connectivity index (χ3n) is 3.92. The molecule has 0 saturated carbocycles. The molecule has 0 saturated heterocycles. The molecule has 27 heavy (non-hydrogen) atoms. The lowest BCUT2D eigenvalue weighted by Crippen LogP contribution is -2.38. The van der Waals surface area contributed by atoms with E-state index in [4.69, 9.17) is 4.42 Å². The second-order valence-electron chi connectivity index (χ2n) is 5.76. The van der Waals surface area contributed by atoms with Crippen LogP contribution in [-0.2, 0) is 23.0 Å². The van der Waals surface area contributed by atoms with Crippen LogP contribution in [0.4, 0.5) is 0 Å². The molecule has 7 nitrogen and oxygen atoms in total. The molecule has 2 heterocycles. The number of sulfonamides is 1. The van der Waals surface area contributed by atoms with Crippen LogP contribution < -0.4 is 10.6 Å². The lowest BCUT2D eigenvalue weighted by Gasteiger charge is -2.16. The van der Waals surface area contributed by atoms with E-state index in [2.05, 4.69) is 15.6 Å². The third kappa shape index (κ3) is 6.08. The van der Waals surface area contributed by atoms with Crippen LogP contribution in [-0.4, -0.2) is 44.9 Å². The van der Waals surface area contributed by atoms with Gasteiger partial charge in [0.1, 0.15) is 16.5 Å². The summed E-state index contributed by atoms with van der Waals surface area (Å²) in [6, 6.07) is 7.31. The Kier molecular flexibility index (Phi) is 8.33. The predicted octanol–water partition coefficient (Wildman–Crippen LogP) is 2.67. The highest BCUT2D eigenvalue weighted by molar-refractivity contribution is 7.91. The largest absolute Gasteiger partial charge is 0.467 e. The fourth-order valence-corrected chi connectivity index (χ4v) is 5.49. The van der Waals surface area contributed by atoms with Crippen LogP contribution in [0.5, 0.6) is 0 Å². The summed E-state index contributed by atoms with van der Waals surface area (Å²) >= 11 is 1.33. The van der Waals surface area contributed by atoms with Crippen LogP contribution >= 0.6 is 11.3 Å². The van der Waals surface area contributed by atoms with Gasteiger partial charge >= 0.3 is 0 Å². The van der Waals surface area contributed by atoms with Gasteiger partial charge < -0.3 is 15.1 Å². The van der Waals surface area contributed by atoms with Crippen molar-refractivity contribution in [1.29, 1.82) is 0 Å². The Labute approximate surface area is 165 Å². The lowest BCUT2D eigenvalue weighted by atomic mass is 10.3. The Bertz CT molecular complexity index is 810. The van der Waals surface area contributed by atoms with Gasteiger partial charge in [0.15, 0.2) is 5.96 Å². The van der Waals surface area contributed by atoms with Crippen molar-refractivity contribution in [3.05, 3.63) is 41.2 Å². The Morgan fingerprint density at radius 2 is 1.96 bits per heavy atom. The number of rotatable bonds is 10. The number of thiophene rings is 1. The van der Waals surface area contributed by atoms with E-state index < -0.39 is 10.0 Å². The Hall–Kier alpha value is -1.84. The van der Waals surface area contributed by atoms with Crippen molar-refractivity contribution in [2.75, 3.05) is 26.2 Å². The van der Waals surface area contributed by atoms with Gasteiger partial charge in [-0.25, -0.2) is 13.4 Å². The number of hydrogen-bond donors (Lipinski definition) is 2. The van der Waals surface area contributed by atoms with Gasteiger partial charge in [-0.1, -0.05) is 13.8 Å². The van der Waals surface area contributed by atoms with E-state index in [1.54, 1.807) is 12.3 Å². The average molecular weight is 413 g/mol. The van der Waals surface area contributed by atoms with Crippen molar-refractivity contribution in [3.8, 4) is 0 Å². The van der Waals surface area contributed by atoms with Crippen molar-refractivity contribution in [1.82, 2.24) is 14.9 Å². The van der Waals surface area contributed by atoms with Gasteiger partial charge in [0.05, 0.1) is 6.26 Å². The number of aliphatic imine (C=N–C) groups is 1. The zero-order valence-corrected chi connectivity index (χ0v) is 17.7. The normalized spacial score (nSPS) is 12.5. The fourth-order valence-electron chi connectivity index (χ4n) is 2.53. The molecule has 2 rings (SSSR count). The maximum absolute atomic E-state index is 12.6. The Morgan fingerprint density at radius 1 is 1.19 bits per heavy atom. The first-order valence-corrected chi connectivity index (χ1v) is 11.4. The third-order valence-corrected chi connectivity index (χ3v) is 7.58. The summed E-state index contributed by atoms with van der Waals surface area (Å²) in [5.41, 5.74) is 0. The first-order valence-electron chi connectivity index (χ1n) is 9.14. The van der Waals surface area contributed by atoms with E-state index in [9.17, 15) is 8.42 Å². The molecule has 150 valence electrons. The highest BCUT2D eigenvalue weighted by Crippen LogP contribution is 2.25. The molecule has 0 atom stereocenters. The molecule has 0 unspecified atom stereocenters. The molecule has 2 aromatic heterocycles. The van der Waals surface area contributed by atoms with E-state index in [1.807, 2.05) is 39.0 Å². The van der Waals surface area contributed by atoms with Crippen molar-refractivity contribution in [2.45, 2.75) is 37.9 Å². The first kappa shape index (κ1) is 21.5. The van der Waals surface area contributed by atoms with E-state index in [-0.39, 0.29) is 0 Å². The highest BCUT2D eigenvalue weighted by atomic mass is 32.2. The maximum Gasteiger partial charge on any atom is 0.252 e. The number of guanidine groups is 1. The van der Waals surface area contributed by atoms with Gasteiger partial charge in [0.2, 0.25) is 0 Å². The van der Waals surface area contributed by atoms with Crippen molar-refractivity contribution >= 4 is 27.3 Å². The zero-order valence-electron chi connectivity index (χ0n) is 16.1. The van der Waals surface area contributed by atoms with E-state index in [1.165, 1.54) is 15.6 Å². The van der Waals surface area contributed by atoms with Gasteiger partial charge in [-0.05, 0) is 37.6 Å². The average Bonchev–Trinajstić information content (AvgIpc) is 3.32. The molecule has 0 aliphatic carbocycles. The maximum atomic E-state index is 12.6. The van der Waals surface area contributed by atoms with Crippen LogP contribution in [0.25, 0.3) is 0 Å². The highest BCUT2D eigenvalue weighted by Gasteiger charge is 2.23. The second kappa shape index (κ2) is 10.5. The molecule has 0 amide bonds. The second-order valence-corrected chi connectivity index (χ2v) is 9.09. The number of nitrogens with zero attached hydrogens (tertiary/aromatic N) is 2. The minimum absolute atomic E-state index is 0.402. The van der Waals surface area contributed by atoms with Crippen LogP contribution in [0.15, 0.2) is 44.1 Å². The summed E-state index contributed by atoms with van der Waals surface area (Å²) < 4.78 is 32.3. The van der Waals surface area contributed by atoms with Crippen LogP contribution in [0.3, 0.4) is 0 Å². The van der Waals surface area contributed by atoms with E-state index >= 15 is 0 Å². The molecule has 0 aromatic carbocycles. The number of nitrogens with one attached hydrogen (secondary N) is 2. The summed E-state index contributed by atoms with van der Waals surface area (Å²) in [5.74, 6) is 1.51. The standard InChI is InChI=1S/C18H28N4O3S2/c1-4-19-18(21-14-15-8-7-13-25-15)20-12-11-16-9-10-17(26-16)27(23,24)22(5-2)6-3/h7-10,13H,4-6,11-12,14H2,1-3H3,(H2,19,20,21). The molecule has 0 fully saturated rings. The molecular formula is C18H28N4O3S2. The van der Waals surface area contributed by atoms with E-state index in [0.29, 0.717) is 36.3 Å². The minimum atomic E-state index is -3.38. The summed E-state index contributed by atoms with van der Waals surface area (Å²) in [7, 11) is -3.38. The van der Waals surface area contributed by atoms with Crippen LogP contribution in [0.1, 0.15) is 31.4 Å². The molecule has 2 aromatic rings. The molecule has 2 N–H and O–H groups in total. The summed E-state index contributed by atoms with van der Waals surface area (Å²) in [5, 5.41) is 6.46. The van der Waals surface area contributed by atoms with Gasteiger partial charge in [-0.15, -0.1) is 11.3 Å². The molecule has 0 bridgehead atoms. The van der Waals surface area contributed by atoms with Gasteiger partial charge in [-0.3, -0.25) is 0 Å². The van der Waals surface area contributed by atoms with Crippen molar-refractivity contribution in [3.63, 3.8) is 0 Å². The SMILES string of the molecule is CCNC(=NCc1ccco1)NCCc1ccc(S(=O)(=O)N(CC)CC)s1. The number of hydrogen-bond acceptors (Lipinski definition) is 5. The van der Waals surface area contributed by atoms with Crippen LogP contribution in [0, 0.1) is 0 Å². The Balaban J connectivity index is 1.92. The van der Waals surface area contributed by atoms with Gasteiger partial charge in [0.25, 0.3) is 10.0 Å². The van der Waals surface area contributed by atoms with Crippen molar-refractivity contribution in [2.24, 2.45) is 4.99 Å². The van der Waals surface area contributed by atoms with Crippen LogP contribution in [0.2, 0.25) is 0 Å². The number of furan rings is 1. The molecule has 9 heteroatoms. The van der Waals surface area contributed by atoms with Gasteiger partial charge in [-0.2, -0.15) is 4.31 Å². The molecule has 0 aliphatic heterocycles. The zero-order chi connectivity index (χ0) is 19.7. The summed E-state index contributed by atoms with van der Waals surface area (Å²) in [6.45, 7) is 8.55. The predicted molar refractivity (Wildman–Crippen MR) is 110 cm³/mol. The molecular weight excluding hydrogens is 384 g/mol. The van der Waals surface area contributed by atoms with E-state index in [0.717, 1.165) is 23.6 Å². The monoisotopic (exact) mass is 412 g/mol. The van der Waals surface area contributed by atoms with Crippen molar-refractivity contribution < 1.29 is 12.8 Å². The molecule has 0 aliphatic rings. The first-order chi connectivity index (χ1) is 13.0. The van der Waals surface area contributed by atoms with Gasteiger partial charge in [0, 0.05) is 31.1 Å². The molecule has 0 radical (unpaired) electrons. The fraction of sp³-hybridized carbons (Fsp3) is 0.500. The summed E-state index contributed by atoms with van der Waals surface area (Å²) in [4.78, 5) is 5.50. The topological polar surface area (TPSA) is 86.9 Å². The lowest BCUT2D eigenvalue weighted by molar-refractivity contribution is 0.447. The quantitative estimate of drug-likeness (QED) is 0.463. The minimum Gasteiger partial charge on any atom is -0.467 e. The Morgan fingerprint density at radius 3 is 2.59 bits per heavy atom. The smallest absolute Gasteiger partial charge is 0.252 e.